The molecule has 0 aliphatic carbocycles. The Hall–Kier alpha value is -2.42. The number of carbonyl (C=O) groups is 1. The van der Waals surface area contributed by atoms with Crippen molar-refractivity contribution < 1.29 is 13.9 Å². The molecule has 9 heteroatoms. The van der Waals surface area contributed by atoms with Crippen molar-refractivity contribution in [1.29, 1.82) is 0 Å². The minimum absolute atomic E-state index is 0.0765. The molecule has 2 heterocycles. The van der Waals surface area contributed by atoms with E-state index in [9.17, 15) is 4.79 Å². The first-order chi connectivity index (χ1) is 13.2. The summed E-state index contributed by atoms with van der Waals surface area (Å²) in [6.45, 7) is 0.151. The highest BCUT2D eigenvalue weighted by atomic mass is 35.5. The molecule has 0 saturated carbocycles. The van der Waals surface area contributed by atoms with Crippen LogP contribution in [0.3, 0.4) is 0 Å². The van der Waals surface area contributed by atoms with Crippen LogP contribution in [0.2, 0.25) is 5.02 Å². The number of fused-ring (bicyclic) bond motifs is 1. The van der Waals surface area contributed by atoms with Crippen LogP contribution in [0, 0.1) is 0 Å². The number of esters is 1. The average Bonchev–Trinajstić information content (AvgIpc) is 3.32. The van der Waals surface area contributed by atoms with Crippen LogP contribution < -0.4 is 0 Å². The predicted molar refractivity (Wildman–Crippen MR) is 105 cm³/mol. The van der Waals surface area contributed by atoms with Crippen LogP contribution in [0.5, 0.6) is 0 Å². The second-order valence-electron chi connectivity index (χ2n) is 5.40. The van der Waals surface area contributed by atoms with Crippen LogP contribution in [0.1, 0.15) is 5.01 Å². The van der Waals surface area contributed by atoms with Crippen molar-refractivity contribution >= 4 is 50.9 Å². The van der Waals surface area contributed by atoms with Crippen molar-refractivity contribution in [3.8, 4) is 11.5 Å². The molecule has 0 unspecified atom stereocenters. The number of rotatable bonds is 6. The monoisotopic (exact) mass is 417 g/mol. The number of halogens is 1. The third-order valence-corrected chi connectivity index (χ3v) is 5.56. The van der Waals surface area contributed by atoms with E-state index in [4.69, 9.17) is 20.8 Å². The van der Waals surface area contributed by atoms with Crippen molar-refractivity contribution in [2.75, 3.05) is 5.75 Å². The highest BCUT2D eigenvalue weighted by Crippen LogP contribution is 2.25. The van der Waals surface area contributed by atoms with E-state index in [1.54, 1.807) is 24.3 Å². The Labute approximate surface area is 167 Å². The fourth-order valence-corrected chi connectivity index (χ4v) is 3.83. The molecule has 0 atom stereocenters. The number of nitrogens with zero attached hydrogens (tertiary/aromatic N) is 3. The van der Waals surface area contributed by atoms with Gasteiger partial charge in [0.25, 0.3) is 5.22 Å². The maximum absolute atomic E-state index is 11.9. The molecule has 0 bridgehead atoms. The minimum atomic E-state index is -0.370. The van der Waals surface area contributed by atoms with Gasteiger partial charge in [0.2, 0.25) is 5.89 Å². The van der Waals surface area contributed by atoms with E-state index in [1.807, 2.05) is 24.3 Å². The summed E-state index contributed by atoms with van der Waals surface area (Å²) in [6.07, 6.45) is 0. The van der Waals surface area contributed by atoms with E-state index in [0.717, 1.165) is 32.5 Å². The summed E-state index contributed by atoms with van der Waals surface area (Å²) in [7, 11) is 0. The first kappa shape index (κ1) is 18.0. The maximum atomic E-state index is 11.9. The number of hydrogen-bond acceptors (Lipinski definition) is 8. The van der Waals surface area contributed by atoms with Crippen molar-refractivity contribution in [2.45, 2.75) is 11.8 Å². The van der Waals surface area contributed by atoms with Crippen LogP contribution in [0.4, 0.5) is 0 Å². The lowest BCUT2D eigenvalue weighted by Gasteiger charge is -2.00. The zero-order chi connectivity index (χ0) is 18.6. The Bertz CT molecular complexity index is 1050. The first-order valence-corrected chi connectivity index (χ1v) is 10.1. The fourth-order valence-electron chi connectivity index (χ4n) is 2.26. The summed E-state index contributed by atoms with van der Waals surface area (Å²) >= 11 is 8.50. The van der Waals surface area contributed by atoms with Crippen molar-refractivity contribution in [2.24, 2.45) is 0 Å². The van der Waals surface area contributed by atoms with E-state index in [-0.39, 0.29) is 18.3 Å². The molecule has 0 saturated heterocycles. The lowest BCUT2D eigenvalue weighted by molar-refractivity contribution is -0.141. The SMILES string of the molecule is O=C(CSc1nnc(-c2ccc(Cl)cc2)o1)OCc1nc2ccccc2s1. The van der Waals surface area contributed by atoms with E-state index in [1.165, 1.54) is 11.3 Å². The smallest absolute Gasteiger partial charge is 0.316 e. The lowest BCUT2D eigenvalue weighted by Crippen LogP contribution is -2.07. The molecule has 2 aromatic carbocycles. The van der Waals surface area contributed by atoms with Gasteiger partial charge in [0.1, 0.15) is 17.4 Å². The van der Waals surface area contributed by atoms with Gasteiger partial charge in [-0.3, -0.25) is 4.79 Å². The predicted octanol–water partition coefficient (Wildman–Crippen LogP) is 4.84. The summed E-state index contributed by atoms with van der Waals surface area (Å²) in [5.74, 6) is 0.0789. The van der Waals surface area contributed by atoms with Gasteiger partial charge in [-0.15, -0.1) is 21.5 Å². The molecule has 4 rings (SSSR count). The van der Waals surface area contributed by atoms with Gasteiger partial charge in [0.15, 0.2) is 0 Å². The Kier molecular flexibility index (Phi) is 5.38. The quantitative estimate of drug-likeness (QED) is 0.328. The molecule has 27 heavy (non-hydrogen) atoms. The standard InChI is InChI=1S/C18H12ClN3O3S2/c19-12-7-5-11(6-8-12)17-21-22-18(25-17)26-10-16(23)24-9-15-20-13-3-1-2-4-14(13)27-15/h1-8H,9-10H2. The van der Waals surface area contributed by atoms with Gasteiger partial charge in [-0.05, 0) is 36.4 Å². The lowest BCUT2D eigenvalue weighted by atomic mass is 10.2. The van der Waals surface area contributed by atoms with Crippen LogP contribution in [-0.2, 0) is 16.1 Å². The Morgan fingerprint density at radius 2 is 1.96 bits per heavy atom. The van der Waals surface area contributed by atoms with Crippen LogP contribution in [-0.4, -0.2) is 26.9 Å². The van der Waals surface area contributed by atoms with E-state index in [0.29, 0.717) is 16.1 Å². The highest BCUT2D eigenvalue weighted by molar-refractivity contribution is 7.99. The number of thioether (sulfide) groups is 1. The normalized spacial score (nSPS) is 11.0. The van der Waals surface area contributed by atoms with Gasteiger partial charge in [0.05, 0.1) is 10.2 Å². The molecule has 0 N–H and O–H groups in total. The van der Waals surface area contributed by atoms with Gasteiger partial charge in [-0.25, -0.2) is 4.98 Å². The molecule has 4 aromatic rings. The third-order valence-electron chi connectivity index (χ3n) is 3.51. The second-order valence-corrected chi connectivity index (χ2v) is 7.88. The topological polar surface area (TPSA) is 78.1 Å². The number of ether oxygens (including phenoxy) is 1. The molecule has 0 radical (unpaired) electrons. The first-order valence-electron chi connectivity index (χ1n) is 7.90. The van der Waals surface area contributed by atoms with Gasteiger partial charge >= 0.3 is 5.97 Å². The summed E-state index contributed by atoms with van der Waals surface area (Å²) in [6, 6.07) is 14.9. The van der Waals surface area contributed by atoms with Gasteiger partial charge in [-0.1, -0.05) is 35.5 Å². The van der Waals surface area contributed by atoms with Crippen molar-refractivity contribution in [3.05, 3.63) is 58.6 Å². The molecular formula is C18H12ClN3O3S2. The molecule has 2 aromatic heterocycles. The van der Waals surface area contributed by atoms with Crippen LogP contribution in [0.25, 0.3) is 21.7 Å². The summed E-state index contributed by atoms with van der Waals surface area (Å²) < 4.78 is 11.9. The van der Waals surface area contributed by atoms with Crippen LogP contribution >= 0.6 is 34.7 Å². The molecule has 0 aliphatic heterocycles. The molecular weight excluding hydrogens is 406 g/mol. The van der Waals surface area contributed by atoms with Gasteiger partial charge < -0.3 is 9.15 Å². The number of carbonyl (C=O) groups excluding carboxylic acids is 1. The molecule has 0 amide bonds. The Morgan fingerprint density at radius 3 is 2.78 bits per heavy atom. The number of aromatic nitrogens is 3. The van der Waals surface area contributed by atoms with Gasteiger partial charge in [-0.2, -0.15) is 0 Å². The number of thiazole rings is 1. The van der Waals surface area contributed by atoms with Crippen LogP contribution in [0.15, 0.2) is 58.2 Å². The molecule has 0 fully saturated rings. The summed E-state index contributed by atoms with van der Waals surface area (Å²) in [4.78, 5) is 16.4. The second kappa shape index (κ2) is 8.08. The average molecular weight is 418 g/mol. The molecule has 0 aliphatic rings. The molecule has 136 valence electrons. The summed E-state index contributed by atoms with van der Waals surface area (Å²) in [5, 5.41) is 9.59. The Balaban J connectivity index is 1.29. The number of para-hydroxylation sites is 1. The highest BCUT2D eigenvalue weighted by Gasteiger charge is 2.13. The third kappa shape index (κ3) is 4.47. The Morgan fingerprint density at radius 1 is 1.15 bits per heavy atom. The van der Waals surface area contributed by atoms with Crippen molar-refractivity contribution in [1.82, 2.24) is 15.2 Å². The number of hydrogen-bond donors (Lipinski definition) is 0. The molecule has 0 spiro atoms. The maximum Gasteiger partial charge on any atom is 0.316 e. The van der Waals surface area contributed by atoms with Crippen molar-refractivity contribution in [3.63, 3.8) is 0 Å². The fraction of sp³-hybridized carbons (Fsp3) is 0.111. The molecule has 6 nitrogen and oxygen atoms in total. The largest absolute Gasteiger partial charge is 0.458 e. The number of benzene rings is 2. The zero-order valence-corrected chi connectivity index (χ0v) is 16.2. The minimum Gasteiger partial charge on any atom is -0.458 e. The van der Waals surface area contributed by atoms with Gasteiger partial charge in [0, 0.05) is 10.6 Å². The van der Waals surface area contributed by atoms with E-state index in [2.05, 4.69) is 15.2 Å². The summed E-state index contributed by atoms with van der Waals surface area (Å²) in [5.41, 5.74) is 1.67. The van der Waals surface area contributed by atoms with E-state index < -0.39 is 0 Å². The zero-order valence-electron chi connectivity index (χ0n) is 13.8. The van der Waals surface area contributed by atoms with E-state index >= 15 is 0 Å².